The molecule has 0 fully saturated rings. The van der Waals surface area contributed by atoms with Gasteiger partial charge in [-0.2, -0.15) is 5.10 Å². The van der Waals surface area contributed by atoms with Gasteiger partial charge in [0.05, 0.1) is 6.54 Å². The standard InChI is InChI=1S/C14H24N6O2/c1-14(2,3)22-12(21)7-16-13(15-4)19-10-5-6-11-17-9-18-20(11)8-10/h9-10H,5-8H2,1-4H3,(H2,15,16,19). The Morgan fingerprint density at radius 2 is 2.32 bits per heavy atom. The average molecular weight is 308 g/mol. The lowest BCUT2D eigenvalue weighted by Crippen LogP contribution is -2.48. The van der Waals surface area contributed by atoms with Crippen LogP contribution in [0.4, 0.5) is 0 Å². The van der Waals surface area contributed by atoms with E-state index < -0.39 is 5.60 Å². The number of rotatable bonds is 3. The van der Waals surface area contributed by atoms with E-state index in [4.69, 9.17) is 4.74 Å². The molecule has 2 heterocycles. The average Bonchev–Trinajstić information content (AvgIpc) is 2.88. The molecule has 122 valence electrons. The summed E-state index contributed by atoms with van der Waals surface area (Å²) in [4.78, 5) is 20.0. The molecule has 1 aromatic heterocycles. The predicted octanol–water partition coefficient (Wildman–Crippen LogP) is 0.0996. The van der Waals surface area contributed by atoms with Crippen molar-refractivity contribution in [3.63, 3.8) is 0 Å². The number of carbonyl (C=O) groups is 1. The van der Waals surface area contributed by atoms with Gasteiger partial charge in [-0.3, -0.25) is 9.79 Å². The summed E-state index contributed by atoms with van der Waals surface area (Å²) in [5.74, 6) is 1.28. The van der Waals surface area contributed by atoms with E-state index >= 15 is 0 Å². The fraction of sp³-hybridized carbons (Fsp3) is 0.714. The van der Waals surface area contributed by atoms with E-state index in [0.29, 0.717) is 5.96 Å². The van der Waals surface area contributed by atoms with E-state index in [9.17, 15) is 4.79 Å². The van der Waals surface area contributed by atoms with Crippen molar-refractivity contribution in [1.29, 1.82) is 0 Å². The van der Waals surface area contributed by atoms with Gasteiger partial charge in [0.25, 0.3) is 0 Å². The van der Waals surface area contributed by atoms with E-state index in [0.717, 1.165) is 25.2 Å². The Morgan fingerprint density at radius 3 is 3.00 bits per heavy atom. The zero-order valence-electron chi connectivity index (χ0n) is 13.6. The Kier molecular flexibility index (Phi) is 4.99. The summed E-state index contributed by atoms with van der Waals surface area (Å²) >= 11 is 0. The SMILES string of the molecule is CN=C(NCC(=O)OC(C)(C)C)NC1CCc2ncnn2C1. The molecule has 0 saturated carbocycles. The van der Waals surface area contributed by atoms with Crippen LogP contribution in [0.25, 0.3) is 0 Å². The number of nitrogens with one attached hydrogen (secondary N) is 2. The number of esters is 1. The summed E-state index contributed by atoms with van der Waals surface area (Å²) in [5.41, 5.74) is -0.484. The number of hydrogen-bond acceptors (Lipinski definition) is 5. The van der Waals surface area contributed by atoms with Gasteiger partial charge in [0.2, 0.25) is 0 Å². The molecular weight excluding hydrogens is 284 g/mol. The second kappa shape index (κ2) is 6.76. The van der Waals surface area contributed by atoms with Gasteiger partial charge in [-0.25, -0.2) is 9.67 Å². The minimum Gasteiger partial charge on any atom is -0.459 e. The van der Waals surface area contributed by atoms with Gasteiger partial charge in [0, 0.05) is 19.5 Å². The first-order valence-corrected chi connectivity index (χ1v) is 7.43. The first-order chi connectivity index (χ1) is 10.4. The molecule has 1 aromatic rings. The third-order valence-electron chi connectivity index (χ3n) is 3.19. The molecule has 0 spiro atoms. The van der Waals surface area contributed by atoms with Gasteiger partial charge in [-0.15, -0.1) is 0 Å². The highest BCUT2D eigenvalue weighted by molar-refractivity contribution is 5.84. The number of aryl methyl sites for hydroxylation is 1. The molecule has 2 N–H and O–H groups in total. The minimum atomic E-state index is -0.484. The molecule has 1 atom stereocenters. The van der Waals surface area contributed by atoms with Crippen LogP contribution in [0, 0.1) is 0 Å². The number of nitrogens with zero attached hydrogens (tertiary/aromatic N) is 4. The van der Waals surface area contributed by atoms with Gasteiger partial charge >= 0.3 is 5.97 Å². The minimum absolute atomic E-state index is 0.0816. The molecule has 1 aliphatic heterocycles. The number of hydrogen-bond donors (Lipinski definition) is 2. The zero-order chi connectivity index (χ0) is 16.2. The molecule has 2 rings (SSSR count). The molecule has 8 heteroatoms. The lowest BCUT2D eigenvalue weighted by atomic mass is 10.1. The Morgan fingerprint density at radius 1 is 1.55 bits per heavy atom. The molecule has 1 unspecified atom stereocenters. The summed E-state index contributed by atoms with van der Waals surface area (Å²) in [6, 6.07) is 0.207. The van der Waals surface area contributed by atoms with E-state index in [-0.39, 0.29) is 18.6 Å². The van der Waals surface area contributed by atoms with Crippen molar-refractivity contribution in [2.45, 2.75) is 51.8 Å². The summed E-state index contributed by atoms with van der Waals surface area (Å²) in [7, 11) is 1.67. The molecule has 0 bridgehead atoms. The van der Waals surface area contributed by atoms with Crippen molar-refractivity contribution >= 4 is 11.9 Å². The molecule has 0 aliphatic carbocycles. The normalized spacial score (nSPS) is 18.5. The van der Waals surface area contributed by atoms with Crippen molar-refractivity contribution in [3.8, 4) is 0 Å². The van der Waals surface area contributed by atoms with Crippen LogP contribution in [-0.2, 0) is 22.5 Å². The fourth-order valence-electron chi connectivity index (χ4n) is 2.28. The number of ether oxygens (including phenoxy) is 1. The Labute approximate surface area is 130 Å². The van der Waals surface area contributed by atoms with E-state index in [2.05, 4.69) is 25.7 Å². The third-order valence-corrected chi connectivity index (χ3v) is 3.19. The van der Waals surface area contributed by atoms with Crippen molar-refractivity contribution in [1.82, 2.24) is 25.4 Å². The van der Waals surface area contributed by atoms with Gasteiger partial charge in [-0.05, 0) is 27.2 Å². The van der Waals surface area contributed by atoms with Crippen LogP contribution >= 0.6 is 0 Å². The van der Waals surface area contributed by atoms with E-state index in [1.54, 1.807) is 13.4 Å². The molecule has 22 heavy (non-hydrogen) atoms. The van der Waals surface area contributed by atoms with Gasteiger partial charge in [0.1, 0.15) is 24.3 Å². The molecule has 1 aliphatic rings. The highest BCUT2D eigenvalue weighted by Crippen LogP contribution is 2.11. The molecule has 0 amide bonds. The maximum atomic E-state index is 11.7. The van der Waals surface area contributed by atoms with Crippen LogP contribution in [0.15, 0.2) is 11.3 Å². The molecule has 8 nitrogen and oxygen atoms in total. The summed E-state index contributed by atoms with van der Waals surface area (Å²) < 4.78 is 7.14. The van der Waals surface area contributed by atoms with E-state index in [1.807, 2.05) is 25.5 Å². The number of fused-ring (bicyclic) bond motifs is 1. The Balaban J connectivity index is 1.80. The van der Waals surface area contributed by atoms with Crippen LogP contribution in [0.3, 0.4) is 0 Å². The highest BCUT2D eigenvalue weighted by Gasteiger charge is 2.21. The second-order valence-corrected chi connectivity index (χ2v) is 6.25. The Hall–Kier alpha value is -2.12. The van der Waals surface area contributed by atoms with Crippen LogP contribution < -0.4 is 10.6 Å². The number of aliphatic imine (C=N–C) groups is 1. The predicted molar refractivity (Wildman–Crippen MR) is 82.5 cm³/mol. The van der Waals surface area contributed by atoms with Crippen molar-refractivity contribution < 1.29 is 9.53 Å². The quantitative estimate of drug-likeness (QED) is 0.467. The first kappa shape index (κ1) is 16.3. The molecular formula is C14H24N6O2. The first-order valence-electron chi connectivity index (χ1n) is 7.43. The largest absolute Gasteiger partial charge is 0.459 e. The fourth-order valence-corrected chi connectivity index (χ4v) is 2.28. The third kappa shape index (κ3) is 4.71. The van der Waals surface area contributed by atoms with E-state index in [1.165, 1.54) is 0 Å². The lowest BCUT2D eigenvalue weighted by molar-refractivity contribution is -0.153. The second-order valence-electron chi connectivity index (χ2n) is 6.25. The molecule has 0 radical (unpaired) electrons. The smallest absolute Gasteiger partial charge is 0.325 e. The summed E-state index contributed by atoms with van der Waals surface area (Å²) in [5, 5.41) is 10.5. The van der Waals surface area contributed by atoms with Gasteiger partial charge in [0.15, 0.2) is 5.96 Å². The number of aromatic nitrogens is 3. The molecule has 0 aromatic carbocycles. The van der Waals surface area contributed by atoms with Crippen LogP contribution in [0.1, 0.15) is 33.0 Å². The van der Waals surface area contributed by atoms with Gasteiger partial charge in [-0.1, -0.05) is 0 Å². The summed E-state index contributed by atoms with van der Waals surface area (Å²) in [6.45, 7) is 6.35. The Bertz CT molecular complexity index is 546. The van der Waals surface area contributed by atoms with Crippen molar-refractivity contribution in [3.05, 3.63) is 12.2 Å². The van der Waals surface area contributed by atoms with Gasteiger partial charge < -0.3 is 15.4 Å². The van der Waals surface area contributed by atoms with Crippen LogP contribution in [0.5, 0.6) is 0 Å². The highest BCUT2D eigenvalue weighted by atomic mass is 16.6. The van der Waals surface area contributed by atoms with Crippen molar-refractivity contribution in [2.24, 2.45) is 4.99 Å². The topological polar surface area (TPSA) is 93.4 Å². The monoisotopic (exact) mass is 308 g/mol. The number of carbonyl (C=O) groups excluding carboxylic acids is 1. The maximum Gasteiger partial charge on any atom is 0.325 e. The van der Waals surface area contributed by atoms with Crippen LogP contribution in [0.2, 0.25) is 0 Å². The van der Waals surface area contributed by atoms with Crippen molar-refractivity contribution in [2.75, 3.05) is 13.6 Å². The summed E-state index contributed by atoms with van der Waals surface area (Å²) in [6.07, 6.45) is 3.40. The lowest BCUT2D eigenvalue weighted by Gasteiger charge is -2.25. The molecule has 0 saturated heterocycles. The maximum absolute atomic E-state index is 11.7. The zero-order valence-corrected chi connectivity index (χ0v) is 13.6. The number of guanidine groups is 1. The van der Waals surface area contributed by atoms with Crippen LogP contribution in [-0.4, -0.2) is 51.9 Å².